The minimum Gasteiger partial charge on any atom is -0.464 e. The zero-order valence-corrected chi connectivity index (χ0v) is 17.5. The van der Waals surface area contributed by atoms with Crippen molar-refractivity contribution in [2.24, 2.45) is 0 Å². The number of para-hydroxylation sites is 1. The van der Waals surface area contributed by atoms with Gasteiger partial charge < -0.3 is 9.40 Å². The maximum Gasteiger partial charge on any atom is 0.260 e. The van der Waals surface area contributed by atoms with E-state index in [1.54, 1.807) is 28.8 Å². The van der Waals surface area contributed by atoms with Gasteiger partial charge in [0.2, 0.25) is 0 Å². The fourth-order valence-corrected chi connectivity index (χ4v) is 4.90. The number of nitrogens with zero attached hydrogens (tertiary/aromatic N) is 5. The Morgan fingerprint density at radius 3 is 2.90 bits per heavy atom. The Morgan fingerprint density at radius 2 is 2.10 bits per heavy atom. The first-order chi connectivity index (χ1) is 14.7. The van der Waals surface area contributed by atoms with E-state index in [4.69, 9.17) is 4.42 Å². The molecule has 0 radical (unpaired) electrons. The number of aromatic nitrogens is 6. The van der Waals surface area contributed by atoms with Crippen LogP contribution in [-0.2, 0) is 5.75 Å². The summed E-state index contributed by atoms with van der Waals surface area (Å²) in [5.41, 5.74) is 1.51. The SMILES string of the molecule is CC(SCc1nnnn1-c1ccccc1)c1nc2scc(-c3ccco3)c2c(=O)[nH]1. The van der Waals surface area contributed by atoms with Crippen molar-refractivity contribution in [1.29, 1.82) is 0 Å². The Balaban J connectivity index is 1.38. The van der Waals surface area contributed by atoms with Crippen LogP contribution in [0.2, 0.25) is 0 Å². The molecule has 0 spiro atoms. The van der Waals surface area contributed by atoms with Gasteiger partial charge in [0.15, 0.2) is 5.82 Å². The number of furan rings is 1. The van der Waals surface area contributed by atoms with Gasteiger partial charge >= 0.3 is 0 Å². The third-order valence-corrected chi connectivity index (χ3v) is 6.65. The Morgan fingerprint density at radius 1 is 1.23 bits per heavy atom. The molecule has 8 nitrogen and oxygen atoms in total. The predicted octanol–water partition coefficient (Wildman–Crippen LogP) is 4.21. The molecule has 0 aliphatic heterocycles. The van der Waals surface area contributed by atoms with Crippen molar-refractivity contribution in [3.63, 3.8) is 0 Å². The molecule has 0 aliphatic carbocycles. The first-order valence-electron chi connectivity index (χ1n) is 9.20. The molecule has 0 fully saturated rings. The lowest BCUT2D eigenvalue weighted by Crippen LogP contribution is -2.12. The van der Waals surface area contributed by atoms with Crippen molar-refractivity contribution < 1.29 is 4.42 Å². The summed E-state index contributed by atoms with van der Waals surface area (Å²) in [6.07, 6.45) is 1.59. The second kappa shape index (κ2) is 7.88. The van der Waals surface area contributed by atoms with Crippen molar-refractivity contribution in [3.05, 3.63) is 76.1 Å². The molecule has 0 aliphatic rings. The molecular weight excluding hydrogens is 420 g/mol. The highest BCUT2D eigenvalue weighted by atomic mass is 32.2. The van der Waals surface area contributed by atoms with Gasteiger partial charge in [0, 0.05) is 10.9 Å². The third-order valence-electron chi connectivity index (χ3n) is 4.63. The van der Waals surface area contributed by atoms with Crippen molar-refractivity contribution in [1.82, 2.24) is 30.2 Å². The van der Waals surface area contributed by atoms with Crippen LogP contribution in [0.15, 0.2) is 63.3 Å². The summed E-state index contributed by atoms with van der Waals surface area (Å²) in [5, 5.41) is 14.4. The molecule has 4 aromatic heterocycles. The average molecular weight is 437 g/mol. The van der Waals surface area contributed by atoms with Gasteiger partial charge in [0.25, 0.3) is 5.56 Å². The topological polar surface area (TPSA) is 102 Å². The number of fused-ring (bicyclic) bond motifs is 1. The van der Waals surface area contributed by atoms with Gasteiger partial charge in [-0.05, 0) is 41.6 Å². The van der Waals surface area contributed by atoms with Gasteiger partial charge in [-0.2, -0.15) is 4.68 Å². The molecule has 1 N–H and O–H groups in total. The number of thiophene rings is 1. The van der Waals surface area contributed by atoms with Crippen LogP contribution < -0.4 is 5.56 Å². The number of hydrogen-bond acceptors (Lipinski definition) is 8. The normalized spacial score (nSPS) is 12.4. The maximum absolute atomic E-state index is 12.8. The molecule has 0 saturated heterocycles. The molecule has 10 heteroatoms. The number of tetrazole rings is 1. The average Bonchev–Trinajstić information content (AvgIpc) is 3.52. The molecule has 1 unspecified atom stereocenters. The zero-order chi connectivity index (χ0) is 20.5. The second-order valence-corrected chi connectivity index (χ2v) is 8.74. The summed E-state index contributed by atoms with van der Waals surface area (Å²) in [5.74, 6) is 2.60. The van der Waals surface area contributed by atoms with Gasteiger partial charge in [0.1, 0.15) is 16.4 Å². The molecule has 150 valence electrons. The maximum atomic E-state index is 12.8. The van der Waals surface area contributed by atoms with Crippen molar-refractivity contribution in [3.8, 4) is 17.0 Å². The van der Waals surface area contributed by atoms with E-state index in [2.05, 4.69) is 25.5 Å². The number of aromatic amines is 1. The Bertz CT molecular complexity index is 1340. The Kier molecular flexibility index (Phi) is 4.93. The van der Waals surface area contributed by atoms with Crippen LogP contribution in [0.5, 0.6) is 0 Å². The predicted molar refractivity (Wildman–Crippen MR) is 117 cm³/mol. The van der Waals surface area contributed by atoms with E-state index in [1.807, 2.05) is 48.7 Å². The Labute approximate surface area is 179 Å². The highest BCUT2D eigenvalue weighted by molar-refractivity contribution is 7.98. The number of nitrogens with one attached hydrogen (secondary N) is 1. The van der Waals surface area contributed by atoms with Gasteiger partial charge in [0.05, 0.1) is 28.3 Å². The molecular formula is C20H16N6O2S2. The molecule has 0 amide bonds. The lowest BCUT2D eigenvalue weighted by molar-refractivity contribution is 0.583. The summed E-state index contributed by atoms with van der Waals surface area (Å²) < 4.78 is 7.16. The molecule has 0 bridgehead atoms. The van der Waals surface area contributed by atoms with Crippen LogP contribution >= 0.6 is 23.1 Å². The molecule has 4 heterocycles. The van der Waals surface area contributed by atoms with Crippen molar-refractivity contribution in [2.75, 3.05) is 0 Å². The van der Waals surface area contributed by atoms with E-state index in [1.165, 1.54) is 11.3 Å². The summed E-state index contributed by atoms with van der Waals surface area (Å²) in [4.78, 5) is 21.1. The number of thioether (sulfide) groups is 1. The minimum atomic E-state index is -0.163. The summed E-state index contributed by atoms with van der Waals surface area (Å²) in [6.45, 7) is 2.01. The highest BCUT2D eigenvalue weighted by Gasteiger charge is 2.18. The lowest BCUT2D eigenvalue weighted by Gasteiger charge is -2.10. The van der Waals surface area contributed by atoms with Crippen molar-refractivity contribution in [2.45, 2.75) is 17.9 Å². The summed E-state index contributed by atoms with van der Waals surface area (Å²) in [6, 6.07) is 13.4. The first kappa shape index (κ1) is 18.8. The standard InChI is InChI=1S/C20H16N6O2S2/c1-12(29-11-16-23-24-25-26(16)13-6-3-2-4-7-13)18-21-19(27)17-14(10-30-20(17)22-18)15-8-5-9-28-15/h2-10,12H,11H2,1H3,(H,21,22,27). The monoisotopic (exact) mass is 436 g/mol. The first-order valence-corrected chi connectivity index (χ1v) is 11.1. The zero-order valence-electron chi connectivity index (χ0n) is 15.8. The minimum absolute atomic E-state index is 0.0443. The molecule has 5 aromatic rings. The lowest BCUT2D eigenvalue weighted by atomic mass is 10.2. The van der Waals surface area contributed by atoms with Crippen LogP contribution in [0.1, 0.15) is 23.8 Å². The van der Waals surface area contributed by atoms with Gasteiger partial charge in [-0.15, -0.1) is 28.2 Å². The van der Waals surface area contributed by atoms with Crippen LogP contribution in [-0.4, -0.2) is 30.2 Å². The van der Waals surface area contributed by atoms with Crippen LogP contribution in [0.4, 0.5) is 0 Å². The smallest absolute Gasteiger partial charge is 0.260 e. The summed E-state index contributed by atoms with van der Waals surface area (Å²) in [7, 11) is 0. The van der Waals surface area contributed by atoms with Gasteiger partial charge in [-0.25, -0.2) is 4.98 Å². The number of benzene rings is 1. The molecule has 0 saturated carbocycles. The number of hydrogen-bond donors (Lipinski definition) is 1. The van der Waals surface area contributed by atoms with Crippen LogP contribution in [0.25, 0.3) is 27.2 Å². The highest BCUT2D eigenvalue weighted by Crippen LogP contribution is 2.33. The fourth-order valence-electron chi connectivity index (χ4n) is 3.12. The van der Waals surface area contributed by atoms with E-state index in [0.29, 0.717) is 27.6 Å². The molecule has 5 rings (SSSR count). The number of H-pyrrole nitrogens is 1. The van der Waals surface area contributed by atoms with Gasteiger partial charge in [-0.1, -0.05) is 18.2 Å². The van der Waals surface area contributed by atoms with E-state index in [9.17, 15) is 4.79 Å². The number of rotatable bonds is 6. The van der Waals surface area contributed by atoms with Crippen molar-refractivity contribution >= 4 is 33.3 Å². The second-order valence-electron chi connectivity index (χ2n) is 6.55. The van der Waals surface area contributed by atoms with E-state index >= 15 is 0 Å². The van der Waals surface area contributed by atoms with E-state index < -0.39 is 0 Å². The van der Waals surface area contributed by atoms with Crippen LogP contribution in [0.3, 0.4) is 0 Å². The van der Waals surface area contributed by atoms with E-state index in [0.717, 1.165) is 17.1 Å². The van der Waals surface area contributed by atoms with Gasteiger partial charge in [-0.3, -0.25) is 4.79 Å². The van der Waals surface area contributed by atoms with E-state index in [-0.39, 0.29) is 10.8 Å². The fraction of sp³-hybridized carbons (Fsp3) is 0.150. The largest absolute Gasteiger partial charge is 0.464 e. The molecule has 1 atom stereocenters. The molecule has 1 aromatic carbocycles. The van der Waals surface area contributed by atoms with Crippen LogP contribution in [0, 0.1) is 0 Å². The quantitative estimate of drug-likeness (QED) is 0.425. The summed E-state index contributed by atoms with van der Waals surface area (Å²) >= 11 is 3.04. The Hall–Kier alpha value is -3.24. The molecule has 30 heavy (non-hydrogen) atoms. The third kappa shape index (κ3) is 3.44.